The van der Waals surface area contributed by atoms with Crippen molar-refractivity contribution in [2.24, 2.45) is 0 Å². The normalized spacial score (nSPS) is 10.3. The minimum Gasteiger partial charge on any atom is -0.497 e. The van der Waals surface area contributed by atoms with E-state index in [1.54, 1.807) is 31.4 Å². The molecule has 0 fully saturated rings. The minimum atomic E-state index is -0.286. The molecule has 1 aromatic heterocycles. The number of carbonyl (C=O) groups is 2. The number of hydrogen-bond acceptors (Lipinski definition) is 5. The topological polar surface area (TPSA) is 68.3 Å². The fourth-order valence-electron chi connectivity index (χ4n) is 2.32. The molecule has 0 bridgehead atoms. The van der Waals surface area contributed by atoms with Crippen LogP contribution in [0.2, 0.25) is 0 Å². The van der Waals surface area contributed by atoms with Gasteiger partial charge >= 0.3 is 0 Å². The Hall–Kier alpha value is -2.99. The lowest BCUT2D eigenvalue weighted by atomic mass is 10.1. The largest absolute Gasteiger partial charge is 0.497 e. The molecule has 0 atom stereocenters. The molecule has 0 spiro atoms. The number of carbonyl (C=O) groups excluding carboxylic acids is 2. The molecule has 3 aromatic rings. The van der Waals surface area contributed by atoms with Crippen molar-refractivity contribution >= 4 is 28.2 Å². The summed E-state index contributed by atoms with van der Waals surface area (Å²) in [7, 11) is 1.57. The van der Waals surface area contributed by atoms with E-state index in [0.717, 1.165) is 5.56 Å². The van der Waals surface area contributed by atoms with Gasteiger partial charge in [0, 0.05) is 18.1 Å². The molecule has 2 aromatic carbocycles. The predicted octanol–water partition coefficient (Wildman–Crippen LogP) is 4.27. The van der Waals surface area contributed by atoms with Crippen molar-refractivity contribution in [3.05, 3.63) is 65.0 Å². The summed E-state index contributed by atoms with van der Waals surface area (Å²) in [6.45, 7) is 1.50. The third-order valence-corrected chi connectivity index (χ3v) is 4.64. The lowest BCUT2D eigenvalue weighted by molar-refractivity contribution is 0.101. The van der Waals surface area contributed by atoms with Crippen molar-refractivity contribution in [2.45, 2.75) is 6.92 Å². The second kappa shape index (κ2) is 7.27. The Balaban J connectivity index is 1.87. The van der Waals surface area contributed by atoms with Gasteiger partial charge in [-0.1, -0.05) is 41.7 Å². The highest BCUT2D eigenvalue weighted by Crippen LogP contribution is 2.31. The number of methoxy groups -OCH3 is 1. The number of hydrogen-bond donors (Lipinski definition) is 1. The van der Waals surface area contributed by atoms with Gasteiger partial charge in [-0.3, -0.25) is 14.9 Å². The first-order valence-electron chi connectivity index (χ1n) is 7.61. The van der Waals surface area contributed by atoms with Crippen LogP contribution < -0.4 is 10.1 Å². The molecule has 126 valence electrons. The number of anilines is 1. The van der Waals surface area contributed by atoms with E-state index in [-0.39, 0.29) is 11.7 Å². The fourth-order valence-corrected chi connectivity index (χ4v) is 3.19. The van der Waals surface area contributed by atoms with Gasteiger partial charge in [0.15, 0.2) is 10.9 Å². The number of benzene rings is 2. The van der Waals surface area contributed by atoms with Gasteiger partial charge in [0.1, 0.15) is 5.75 Å². The SMILES string of the molecule is COc1ccc(C(=O)Nc2nc(-c3ccccc3)c(C(C)=O)s2)cc1. The molecule has 0 aliphatic rings. The van der Waals surface area contributed by atoms with Gasteiger partial charge in [-0.25, -0.2) is 4.98 Å². The second-order valence-electron chi connectivity index (χ2n) is 5.30. The maximum atomic E-state index is 12.4. The maximum absolute atomic E-state index is 12.4. The zero-order chi connectivity index (χ0) is 17.8. The smallest absolute Gasteiger partial charge is 0.257 e. The highest BCUT2D eigenvalue weighted by molar-refractivity contribution is 7.18. The molecule has 0 radical (unpaired) electrons. The Morgan fingerprint density at radius 1 is 1.04 bits per heavy atom. The van der Waals surface area contributed by atoms with Gasteiger partial charge in [-0.2, -0.15) is 0 Å². The van der Waals surface area contributed by atoms with Crippen LogP contribution in [0.4, 0.5) is 5.13 Å². The van der Waals surface area contributed by atoms with Crippen LogP contribution in [0.3, 0.4) is 0 Å². The number of ether oxygens (including phenoxy) is 1. The van der Waals surface area contributed by atoms with Crippen LogP contribution in [0.5, 0.6) is 5.75 Å². The van der Waals surface area contributed by atoms with E-state index in [9.17, 15) is 9.59 Å². The van der Waals surface area contributed by atoms with Gasteiger partial charge in [-0.05, 0) is 24.3 Å². The van der Waals surface area contributed by atoms with E-state index in [4.69, 9.17) is 4.74 Å². The summed E-state index contributed by atoms with van der Waals surface area (Å²) in [6.07, 6.45) is 0. The van der Waals surface area contributed by atoms with Crippen LogP contribution in [-0.4, -0.2) is 23.8 Å². The minimum absolute atomic E-state index is 0.0821. The first kappa shape index (κ1) is 16.9. The van der Waals surface area contributed by atoms with Crippen LogP contribution in [0, 0.1) is 0 Å². The van der Waals surface area contributed by atoms with Crippen molar-refractivity contribution in [1.29, 1.82) is 0 Å². The molecule has 6 heteroatoms. The van der Waals surface area contributed by atoms with E-state index >= 15 is 0 Å². The van der Waals surface area contributed by atoms with Crippen molar-refractivity contribution < 1.29 is 14.3 Å². The molecular formula is C19H16N2O3S. The Morgan fingerprint density at radius 3 is 2.32 bits per heavy atom. The first-order valence-corrected chi connectivity index (χ1v) is 8.42. The number of nitrogens with one attached hydrogen (secondary N) is 1. The number of ketones is 1. The van der Waals surface area contributed by atoms with Crippen molar-refractivity contribution in [3.63, 3.8) is 0 Å². The fraction of sp³-hybridized carbons (Fsp3) is 0.105. The monoisotopic (exact) mass is 352 g/mol. The van der Waals surface area contributed by atoms with Crippen LogP contribution >= 0.6 is 11.3 Å². The number of aromatic nitrogens is 1. The number of amides is 1. The van der Waals surface area contributed by atoms with Gasteiger partial charge in [-0.15, -0.1) is 0 Å². The highest BCUT2D eigenvalue weighted by atomic mass is 32.1. The van der Waals surface area contributed by atoms with Gasteiger partial charge in [0.2, 0.25) is 0 Å². The average molecular weight is 352 g/mol. The van der Waals surface area contributed by atoms with E-state index < -0.39 is 0 Å². The third kappa shape index (κ3) is 3.75. The Labute approximate surface area is 149 Å². The van der Waals surface area contributed by atoms with E-state index in [1.807, 2.05) is 30.3 Å². The average Bonchev–Trinajstić information content (AvgIpc) is 3.06. The van der Waals surface area contributed by atoms with Crippen LogP contribution in [0.25, 0.3) is 11.3 Å². The Kier molecular flexibility index (Phi) is 4.90. The number of thiazole rings is 1. The lowest BCUT2D eigenvalue weighted by Crippen LogP contribution is -2.11. The van der Waals surface area contributed by atoms with Crippen LogP contribution in [0.1, 0.15) is 27.0 Å². The molecule has 5 nitrogen and oxygen atoms in total. The summed E-state index contributed by atoms with van der Waals surface area (Å²) in [5, 5.41) is 3.15. The van der Waals surface area contributed by atoms with E-state index in [1.165, 1.54) is 18.3 Å². The molecule has 0 aliphatic heterocycles. The van der Waals surface area contributed by atoms with E-state index in [2.05, 4.69) is 10.3 Å². The number of Topliss-reactive ketones (excluding diaryl/α,β-unsaturated/α-hetero) is 1. The lowest BCUT2D eigenvalue weighted by Gasteiger charge is -2.03. The molecule has 0 saturated heterocycles. The van der Waals surface area contributed by atoms with Crippen molar-refractivity contribution in [3.8, 4) is 17.0 Å². The summed E-state index contributed by atoms with van der Waals surface area (Å²) >= 11 is 1.18. The van der Waals surface area contributed by atoms with Crippen molar-refractivity contribution in [2.75, 3.05) is 12.4 Å². The Bertz CT molecular complexity index is 902. The number of nitrogens with zero attached hydrogens (tertiary/aromatic N) is 1. The summed E-state index contributed by atoms with van der Waals surface area (Å²) in [4.78, 5) is 29.3. The van der Waals surface area contributed by atoms with Crippen LogP contribution in [0.15, 0.2) is 54.6 Å². The summed E-state index contributed by atoms with van der Waals surface area (Å²) in [5.41, 5.74) is 1.92. The van der Waals surface area contributed by atoms with Crippen molar-refractivity contribution in [1.82, 2.24) is 4.98 Å². The molecule has 0 unspecified atom stereocenters. The quantitative estimate of drug-likeness (QED) is 0.696. The molecule has 3 rings (SSSR count). The predicted molar refractivity (Wildman–Crippen MR) is 98.5 cm³/mol. The molecule has 1 N–H and O–H groups in total. The molecule has 25 heavy (non-hydrogen) atoms. The summed E-state index contributed by atoms with van der Waals surface area (Å²) in [5.74, 6) is 0.309. The molecular weight excluding hydrogens is 336 g/mol. The summed E-state index contributed by atoms with van der Waals surface area (Å²) < 4.78 is 5.08. The van der Waals surface area contributed by atoms with Gasteiger partial charge in [0.05, 0.1) is 17.7 Å². The maximum Gasteiger partial charge on any atom is 0.257 e. The number of rotatable bonds is 5. The third-order valence-electron chi connectivity index (χ3n) is 3.57. The highest BCUT2D eigenvalue weighted by Gasteiger charge is 2.18. The van der Waals surface area contributed by atoms with Gasteiger partial charge in [0.25, 0.3) is 5.91 Å². The molecule has 1 amide bonds. The summed E-state index contributed by atoms with van der Waals surface area (Å²) in [6, 6.07) is 16.2. The van der Waals surface area contributed by atoms with Gasteiger partial charge < -0.3 is 4.74 Å². The van der Waals surface area contributed by atoms with E-state index in [0.29, 0.717) is 27.0 Å². The zero-order valence-electron chi connectivity index (χ0n) is 13.8. The second-order valence-corrected chi connectivity index (χ2v) is 6.30. The first-order chi connectivity index (χ1) is 12.1. The molecule has 1 heterocycles. The van der Waals surface area contributed by atoms with Crippen LogP contribution in [-0.2, 0) is 0 Å². The Morgan fingerprint density at radius 2 is 1.72 bits per heavy atom. The molecule has 0 aliphatic carbocycles. The standard InChI is InChI=1S/C19H16N2O3S/c1-12(22)17-16(13-6-4-3-5-7-13)20-19(25-17)21-18(23)14-8-10-15(24-2)11-9-14/h3-11H,1-2H3,(H,20,21,23). The molecule has 0 saturated carbocycles. The zero-order valence-corrected chi connectivity index (χ0v) is 14.6.